The van der Waals surface area contributed by atoms with Crippen molar-refractivity contribution in [3.8, 4) is 0 Å². The number of nitrogens with one attached hydrogen (secondary N) is 1. The summed E-state index contributed by atoms with van der Waals surface area (Å²) < 4.78 is 0. The molecule has 1 aromatic rings. The van der Waals surface area contributed by atoms with Crippen molar-refractivity contribution in [3.63, 3.8) is 0 Å². The molecule has 1 aliphatic rings. The van der Waals surface area contributed by atoms with Crippen LogP contribution in [0, 0.1) is 6.92 Å². The van der Waals surface area contributed by atoms with Crippen LogP contribution in [0.25, 0.3) is 6.08 Å². The van der Waals surface area contributed by atoms with Crippen molar-refractivity contribution in [2.45, 2.75) is 40.5 Å². The molecule has 0 aliphatic carbocycles. The van der Waals surface area contributed by atoms with E-state index < -0.39 is 0 Å². The Balaban J connectivity index is 2.34. The lowest BCUT2D eigenvalue weighted by Gasteiger charge is -1.98. The minimum Gasteiger partial charge on any atom is -0.361 e. The van der Waals surface area contributed by atoms with Crippen molar-refractivity contribution in [1.82, 2.24) is 4.98 Å². The molecular weight excluding hydrogens is 208 g/mol. The monoisotopic (exact) mass is 228 g/mol. The molecule has 0 radical (unpaired) electrons. The highest BCUT2D eigenvalue weighted by atomic mass is 14.8. The van der Waals surface area contributed by atoms with Crippen LogP contribution in [0.15, 0.2) is 28.5 Å². The van der Waals surface area contributed by atoms with Gasteiger partial charge in [-0.15, -0.1) is 0 Å². The highest BCUT2D eigenvalue weighted by Crippen LogP contribution is 2.24. The number of nitrogens with zero attached hydrogens (tertiary/aromatic N) is 1. The van der Waals surface area contributed by atoms with Gasteiger partial charge in [-0.3, -0.25) is 4.99 Å². The maximum atomic E-state index is 4.62. The largest absolute Gasteiger partial charge is 0.361 e. The topological polar surface area (TPSA) is 28.1 Å². The second-order valence-corrected chi connectivity index (χ2v) is 4.52. The SMILES string of the molecule is CCC1=N/C(=C/c2[nH]cc(CC)c2C)C(C)=C1. The normalized spacial score (nSPS) is 17.5. The molecule has 0 aromatic carbocycles. The third-order valence-corrected chi connectivity index (χ3v) is 3.36. The van der Waals surface area contributed by atoms with E-state index in [1.165, 1.54) is 28.1 Å². The average Bonchev–Trinajstić information content (AvgIpc) is 2.85. The predicted octanol–water partition coefficient (Wildman–Crippen LogP) is 4.04. The van der Waals surface area contributed by atoms with E-state index in [0.29, 0.717) is 0 Å². The Morgan fingerprint density at radius 1 is 1.24 bits per heavy atom. The van der Waals surface area contributed by atoms with Crippen molar-refractivity contribution >= 4 is 11.8 Å². The number of aliphatic imine (C=N–C) groups is 1. The highest BCUT2D eigenvalue weighted by molar-refractivity contribution is 6.00. The zero-order valence-corrected chi connectivity index (χ0v) is 11.1. The molecule has 0 unspecified atom stereocenters. The first-order chi connectivity index (χ1) is 8.15. The summed E-state index contributed by atoms with van der Waals surface area (Å²) in [4.78, 5) is 7.96. The van der Waals surface area contributed by atoms with E-state index in [1.54, 1.807) is 0 Å². The summed E-state index contributed by atoms with van der Waals surface area (Å²) >= 11 is 0. The molecule has 1 aromatic heterocycles. The molecule has 0 saturated carbocycles. The number of aryl methyl sites for hydroxylation is 1. The van der Waals surface area contributed by atoms with Gasteiger partial charge in [0, 0.05) is 17.6 Å². The smallest absolute Gasteiger partial charge is 0.0683 e. The number of hydrogen-bond donors (Lipinski definition) is 1. The van der Waals surface area contributed by atoms with Crippen LogP contribution in [0.3, 0.4) is 0 Å². The first kappa shape index (κ1) is 11.9. The first-order valence-corrected chi connectivity index (χ1v) is 6.30. The number of allylic oxidation sites excluding steroid dienone is 2. The van der Waals surface area contributed by atoms with Crippen LogP contribution in [0.1, 0.15) is 44.0 Å². The molecular formula is C15H20N2. The van der Waals surface area contributed by atoms with Crippen LogP contribution >= 0.6 is 0 Å². The maximum Gasteiger partial charge on any atom is 0.0683 e. The Morgan fingerprint density at radius 3 is 2.53 bits per heavy atom. The van der Waals surface area contributed by atoms with Crippen LogP contribution in [-0.2, 0) is 6.42 Å². The molecule has 0 atom stereocenters. The fourth-order valence-electron chi connectivity index (χ4n) is 2.13. The zero-order chi connectivity index (χ0) is 12.4. The summed E-state index contributed by atoms with van der Waals surface area (Å²) in [7, 11) is 0. The fraction of sp³-hybridized carbons (Fsp3) is 0.400. The molecule has 2 heteroatoms. The van der Waals surface area contributed by atoms with E-state index in [2.05, 4.69) is 56.0 Å². The molecule has 0 amide bonds. The fourth-order valence-corrected chi connectivity index (χ4v) is 2.13. The van der Waals surface area contributed by atoms with Gasteiger partial charge in [0.25, 0.3) is 0 Å². The van der Waals surface area contributed by atoms with Crippen LogP contribution < -0.4 is 0 Å². The third kappa shape index (κ3) is 2.26. The van der Waals surface area contributed by atoms with Crippen LogP contribution in [0.4, 0.5) is 0 Å². The van der Waals surface area contributed by atoms with Gasteiger partial charge >= 0.3 is 0 Å². The summed E-state index contributed by atoms with van der Waals surface area (Å²) in [5, 5.41) is 0. The van der Waals surface area contributed by atoms with E-state index in [-0.39, 0.29) is 0 Å². The van der Waals surface area contributed by atoms with Gasteiger partial charge in [0.2, 0.25) is 0 Å². The Hall–Kier alpha value is -1.57. The molecule has 90 valence electrons. The minimum atomic E-state index is 0.999. The predicted molar refractivity (Wildman–Crippen MR) is 74.4 cm³/mol. The van der Waals surface area contributed by atoms with E-state index in [4.69, 9.17) is 0 Å². The quantitative estimate of drug-likeness (QED) is 0.809. The number of rotatable bonds is 3. The standard InChI is InChI=1S/C15H20N2/c1-5-12-9-16-15(11(12)4)8-14-10(3)7-13(6-2)17-14/h7-9,16H,5-6H2,1-4H3/b14-8+. The lowest BCUT2D eigenvalue weighted by molar-refractivity contribution is 1.12. The Kier molecular flexibility index (Phi) is 3.32. The lowest BCUT2D eigenvalue weighted by atomic mass is 10.1. The molecule has 17 heavy (non-hydrogen) atoms. The number of aromatic amines is 1. The van der Waals surface area contributed by atoms with Crippen molar-refractivity contribution in [2.24, 2.45) is 4.99 Å². The van der Waals surface area contributed by atoms with E-state index in [1.807, 2.05) is 0 Å². The van der Waals surface area contributed by atoms with Gasteiger partial charge in [0.05, 0.1) is 5.70 Å². The Morgan fingerprint density at radius 2 is 2.00 bits per heavy atom. The second-order valence-electron chi connectivity index (χ2n) is 4.52. The molecule has 1 aliphatic heterocycles. The van der Waals surface area contributed by atoms with Crippen molar-refractivity contribution < 1.29 is 0 Å². The molecule has 2 nitrogen and oxygen atoms in total. The molecule has 1 N–H and O–H groups in total. The molecule has 0 bridgehead atoms. The summed E-state index contributed by atoms with van der Waals surface area (Å²) in [5.74, 6) is 0. The minimum absolute atomic E-state index is 0.999. The van der Waals surface area contributed by atoms with Crippen molar-refractivity contribution in [1.29, 1.82) is 0 Å². The van der Waals surface area contributed by atoms with Gasteiger partial charge < -0.3 is 4.98 Å². The summed E-state index contributed by atoms with van der Waals surface area (Å²) in [5.41, 5.74) is 7.44. The average molecular weight is 228 g/mol. The summed E-state index contributed by atoms with van der Waals surface area (Å²) in [6, 6.07) is 0. The van der Waals surface area contributed by atoms with Crippen LogP contribution in [-0.4, -0.2) is 10.7 Å². The first-order valence-electron chi connectivity index (χ1n) is 6.30. The van der Waals surface area contributed by atoms with Crippen molar-refractivity contribution in [2.75, 3.05) is 0 Å². The molecule has 0 saturated heterocycles. The summed E-state index contributed by atoms with van der Waals surface area (Å²) in [6.45, 7) is 8.61. The molecule has 2 rings (SSSR count). The van der Waals surface area contributed by atoms with E-state index >= 15 is 0 Å². The van der Waals surface area contributed by atoms with Gasteiger partial charge in [0.1, 0.15) is 0 Å². The number of hydrogen-bond acceptors (Lipinski definition) is 1. The Bertz CT molecular complexity index is 513. The van der Waals surface area contributed by atoms with Gasteiger partial charge in [0.15, 0.2) is 0 Å². The highest BCUT2D eigenvalue weighted by Gasteiger charge is 2.10. The number of H-pyrrole nitrogens is 1. The van der Waals surface area contributed by atoms with Gasteiger partial charge in [-0.25, -0.2) is 0 Å². The van der Waals surface area contributed by atoms with Crippen molar-refractivity contribution in [3.05, 3.63) is 40.4 Å². The Labute approximate surface area is 103 Å². The maximum absolute atomic E-state index is 4.62. The summed E-state index contributed by atoms with van der Waals surface area (Å²) in [6.07, 6.45) is 8.50. The number of aromatic nitrogens is 1. The van der Waals surface area contributed by atoms with E-state index in [0.717, 1.165) is 18.5 Å². The van der Waals surface area contributed by atoms with E-state index in [9.17, 15) is 0 Å². The second kappa shape index (κ2) is 4.74. The lowest BCUT2D eigenvalue weighted by Crippen LogP contribution is -1.84. The third-order valence-electron chi connectivity index (χ3n) is 3.36. The molecule has 2 heterocycles. The molecule has 0 spiro atoms. The van der Waals surface area contributed by atoms with Gasteiger partial charge in [-0.05, 0) is 55.5 Å². The van der Waals surface area contributed by atoms with Gasteiger partial charge in [-0.2, -0.15) is 0 Å². The van der Waals surface area contributed by atoms with Crippen LogP contribution in [0.5, 0.6) is 0 Å². The van der Waals surface area contributed by atoms with Crippen LogP contribution in [0.2, 0.25) is 0 Å². The molecule has 0 fully saturated rings. The van der Waals surface area contributed by atoms with Gasteiger partial charge in [-0.1, -0.05) is 13.8 Å². The zero-order valence-electron chi connectivity index (χ0n) is 11.1.